The van der Waals surface area contributed by atoms with Crippen molar-refractivity contribution in [2.45, 2.75) is 20.3 Å². The van der Waals surface area contributed by atoms with Crippen LogP contribution in [0.2, 0.25) is 0 Å². The fourth-order valence-corrected chi connectivity index (χ4v) is 3.29. The molecule has 2 aromatic rings. The number of hydrogen-bond donors (Lipinski definition) is 0. The lowest BCUT2D eigenvalue weighted by molar-refractivity contribution is -0.384. The normalized spacial score (nSPS) is 16.2. The van der Waals surface area contributed by atoms with Crippen LogP contribution < -0.4 is 14.4 Å². The van der Waals surface area contributed by atoms with Crippen LogP contribution in [0.5, 0.6) is 11.5 Å². The topological polar surface area (TPSA) is 99.0 Å². The Bertz CT molecular complexity index is 935. The molecule has 3 rings (SSSR count). The minimum absolute atomic E-state index is 0.00374. The summed E-state index contributed by atoms with van der Waals surface area (Å²) in [5.41, 5.74) is 2.20. The van der Waals surface area contributed by atoms with Crippen LogP contribution in [0.4, 0.5) is 11.4 Å². The fourth-order valence-electron chi connectivity index (χ4n) is 3.29. The molecule has 146 valence electrons. The van der Waals surface area contributed by atoms with E-state index >= 15 is 0 Å². The van der Waals surface area contributed by atoms with Gasteiger partial charge in [0.25, 0.3) is 5.69 Å². The van der Waals surface area contributed by atoms with Crippen molar-refractivity contribution in [2.75, 3.05) is 18.6 Å². The third kappa shape index (κ3) is 3.95. The molecule has 0 aliphatic carbocycles. The van der Waals surface area contributed by atoms with Crippen LogP contribution >= 0.6 is 0 Å². The number of carbonyl (C=O) groups is 2. The van der Waals surface area contributed by atoms with E-state index in [0.717, 1.165) is 11.1 Å². The summed E-state index contributed by atoms with van der Waals surface area (Å²) in [5, 5.41) is 10.9. The third-order valence-electron chi connectivity index (χ3n) is 4.54. The van der Waals surface area contributed by atoms with Gasteiger partial charge in [-0.1, -0.05) is 6.07 Å². The summed E-state index contributed by atoms with van der Waals surface area (Å²) < 4.78 is 10.7. The number of anilines is 1. The molecular weight excluding hydrogens is 364 g/mol. The van der Waals surface area contributed by atoms with Crippen molar-refractivity contribution in [3.05, 3.63) is 57.6 Å². The number of nitro groups is 1. The van der Waals surface area contributed by atoms with Gasteiger partial charge in [-0.2, -0.15) is 0 Å². The van der Waals surface area contributed by atoms with E-state index in [4.69, 9.17) is 9.47 Å². The van der Waals surface area contributed by atoms with Crippen LogP contribution in [0.25, 0.3) is 0 Å². The number of ether oxygens (including phenoxy) is 2. The predicted octanol–water partition coefficient (Wildman–Crippen LogP) is 3.18. The van der Waals surface area contributed by atoms with Crippen LogP contribution in [0.3, 0.4) is 0 Å². The second-order valence-electron chi connectivity index (χ2n) is 6.76. The molecule has 1 amide bonds. The Morgan fingerprint density at radius 1 is 1.18 bits per heavy atom. The molecule has 8 nitrogen and oxygen atoms in total. The Labute approximate surface area is 161 Å². The van der Waals surface area contributed by atoms with Gasteiger partial charge in [0.15, 0.2) is 0 Å². The smallest absolute Gasteiger partial charge is 0.316 e. The molecule has 8 heteroatoms. The van der Waals surface area contributed by atoms with Crippen molar-refractivity contribution < 1.29 is 24.0 Å². The fraction of sp³-hybridized carbons (Fsp3) is 0.300. The number of esters is 1. The second kappa shape index (κ2) is 7.67. The summed E-state index contributed by atoms with van der Waals surface area (Å²) in [6, 6.07) is 9.50. The SMILES string of the molecule is COc1cc([N+](=O)[O-])ccc1N1C[C@@H](C(=O)Oc2cc(C)cc(C)c2)CC1=O. The predicted molar refractivity (Wildman–Crippen MR) is 102 cm³/mol. The number of methoxy groups -OCH3 is 1. The van der Waals surface area contributed by atoms with Crippen molar-refractivity contribution >= 4 is 23.3 Å². The summed E-state index contributed by atoms with van der Waals surface area (Å²) in [7, 11) is 1.37. The number of aryl methyl sites for hydroxylation is 2. The molecule has 28 heavy (non-hydrogen) atoms. The lowest BCUT2D eigenvalue weighted by Gasteiger charge is -2.19. The second-order valence-corrected chi connectivity index (χ2v) is 6.76. The van der Waals surface area contributed by atoms with E-state index < -0.39 is 16.8 Å². The molecule has 1 atom stereocenters. The first-order chi connectivity index (χ1) is 13.3. The van der Waals surface area contributed by atoms with Gasteiger partial charge in [0, 0.05) is 19.0 Å². The number of benzene rings is 2. The zero-order valence-corrected chi connectivity index (χ0v) is 15.8. The van der Waals surface area contributed by atoms with Gasteiger partial charge in [-0.3, -0.25) is 19.7 Å². The van der Waals surface area contributed by atoms with Crippen molar-refractivity contribution in [3.8, 4) is 11.5 Å². The molecule has 0 saturated carbocycles. The van der Waals surface area contributed by atoms with Crippen molar-refractivity contribution in [3.63, 3.8) is 0 Å². The van der Waals surface area contributed by atoms with Crippen LogP contribution in [-0.4, -0.2) is 30.5 Å². The molecule has 1 saturated heterocycles. The largest absolute Gasteiger partial charge is 0.494 e. The highest BCUT2D eigenvalue weighted by atomic mass is 16.6. The Kier molecular flexibility index (Phi) is 5.30. The third-order valence-corrected chi connectivity index (χ3v) is 4.54. The van der Waals surface area contributed by atoms with Crippen LogP contribution in [0, 0.1) is 29.9 Å². The monoisotopic (exact) mass is 384 g/mol. The summed E-state index contributed by atoms with van der Waals surface area (Å²) in [4.78, 5) is 36.8. The van der Waals surface area contributed by atoms with Gasteiger partial charge < -0.3 is 14.4 Å². The van der Waals surface area contributed by atoms with Crippen molar-refractivity contribution in [1.29, 1.82) is 0 Å². The lowest BCUT2D eigenvalue weighted by atomic mass is 10.1. The Morgan fingerprint density at radius 2 is 1.86 bits per heavy atom. The van der Waals surface area contributed by atoms with Gasteiger partial charge >= 0.3 is 5.97 Å². The Morgan fingerprint density at radius 3 is 2.46 bits per heavy atom. The van der Waals surface area contributed by atoms with Crippen molar-refractivity contribution in [2.24, 2.45) is 5.92 Å². The number of hydrogen-bond acceptors (Lipinski definition) is 6. The molecule has 0 bridgehead atoms. The van der Waals surface area contributed by atoms with E-state index in [9.17, 15) is 19.7 Å². The first-order valence-corrected chi connectivity index (χ1v) is 8.71. The number of non-ortho nitro benzene ring substituents is 1. The van der Waals surface area contributed by atoms with E-state index in [1.54, 1.807) is 12.1 Å². The molecule has 1 heterocycles. The maximum atomic E-state index is 12.5. The molecule has 0 spiro atoms. The molecule has 0 unspecified atom stereocenters. The summed E-state index contributed by atoms with van der Waals surface area (Å²) >= 11 is 0. The van der Waals surface area contributed by atoms with E-state index in [2.05, 4.69) is 0 Å². The highest BCUT2D eigenvalue weighted by Crippen LogP contribution is 2.36. The Balaban J connectivity index is 1.78. The molecule has 0 radical (unpaired) electrons. The highest BCUT2D eigenvalue weighted by Gasteiger charge is 2.37. The number of amides is 1. The molecule has 0 N–H and O–H groups in total. The molecule has 1 aliphatic heterocycles. The first-order valence-electron chi connectivity index (χ1n) is 8.71. The summed E-state index contributed by atoms with van der Waals surface area (Å²) in [6.07, 6.45) is 0.00374. The van der Waals surface area contributed by atoms with E-state index in [0.29, 0.717) is 11.4 Å². The average Bonchev–Trinajstić information content (AvgIpc) is 3.02. The molecule has 1 aliphatic rings. The van der Waals surface area contributed by atoms with Gasteiger partial charge in [-0.15, -0.1) is 0 Å². The molecule has 1 fully saturated rings. The highest BCUT2D eigenvalue weighted by molar-refractivity contribution is 6.00. The van der Waals surface area contributed by atoms with Crippen molar-refractivity contribution in [1.82, 2.24) is 0 Å². The zero-order chi connectivity index (χ0) is 20.4. The summed E-state index contributed by atoms with van der Waals surface area (Å²) in [5.74, 6) is -0.739. The van der Waals surface area contributed by atoms with Crippen LogP contribution in [0.15, 0.2) is 36.4 Å². The zero-order valence-electron chi connectivity index (χ0n) is 15.8. The first kappa shape index (κ1) is 19.3. The van der Waals surface area contributed by atoms with Gasteiger partial charge in [-0.05, 0) is 43.2 Å². The van der Waals surface area contributed by atoms with Gasteiger partial charge in [-0.25, -0.2) is 0 Å². The van der Waals surface area contributed by atoms with Crippen LogP contribution in [0.1, 0.15) is 17.5 Å². The number of nitrogens with zero attached hydrogens (tertiary/aromatic N) is 2. The maximum Gasteiger partial charge on any atom is 0.316 e. The number of nitro benzene ring substituents is 1. The summed E-state index contributed by atoms with van der Waals surface area (Å²) in [6.45, 7) is 3.94. The maximum absolute atomic E-state index is 12.5. The van der Waals surface area contributed by atoms with Crippen LogP contribution in [-0.2, 0) is 9.59 Å². The number of rotatable bonds is 5. The van der Waals surface area contributed by atoms with Gasteiger partial charge in [0.1, 0.15) is 11.5 Å². The minimum atomic E-state index is -0.631. The average molecular weight is 384 g/mol. The van der Waals surface area contributed by atoms with Gasteiger partial charge in [0.2, 0.25) is 5.91 Å². The standard InChI is InChI=1S/C20H20N2O6/c1-12-6-13(2)8-16(7-12)28-20(24)14-9-19(23)21(11-14)17-5-4-15(22(25)26)10-18(17)27-3/h4-8,10,14H,9,11H2,1-3H3/t14-/m0/s1. The van der Waals surface area contributed by atoms with Gasteiger partial charge in [0.05, 0.1) is 29.7 Å². The van der Waals surface area contributed by atoms with E-state index in [1.165, 1.54) is 30.2 Å². The van der Waals surface area contributed by atoms with E-state index in [-0.39, 0.29) is 30.3 Å². The van der Waals surface area contributed by atoms with E-state index in [1.807, 2.05) is 19.9 Å². The quantitative estimate of drug-likeness (QED) is 0.340. The molecule has 2 aromatic carbocycles. The molecule has 0 aromatic heterocycles. The lowest BCUT2D eigenvalue weighted by Crippen LogP contribution is -2.27. The molecular formula is C20H20N2O6. The number of carbonyl (C=O) groups excluding carboxylic acids is 2. The Hall–Kier alpha value is -3.42. The minimum Gasteiger partial charge on any atom is -0.494 e.